The van der Waals surface area contributed by atoms with Gasteiger partial charge in [0.25, 0.3) is 0 Å². The Hall–Kier alpha value is -4.23. The lowest BCUT2D eigenvalue weighted by Crippen LogP contribution is -2.45. The molecule has 0 fully saturated rings. The number of imidazole rings is 1. The van der Waals surface area contributed by atoms with Gasteiger partial charge in [0.2, 0.25) is 11.8 Å². The number of anilines is 1. The van der Waals surface area contributed by atoms with E-state index in [9.17, 15) is 9.59 Å². The zero-order valence-corrected chi connectivity index (χ0v) is 24.3. The van der Waals surface area contributed by atoms with Crippen molar-refractivity contribution in [3.8, 4) is 11.3 Å². The lowest BCUT2D eigenvalue weighted by atomic mass is 10.0. The third kappa shape index (κ3) is 6.25. The number of carbonyl (C=O) groups is 2. The maximum Gasteiger partial charge on any atom is 0.247 e. The van der Waals surface area contributed by atoms with Gasteiger partial charge in [0.1, 0.15) is 6.04 Å². The molecule has 41 heavy (non-hydrogen) atoms. The van der Waals surface area contributed by atoms with Crippen LogP contribution in [0.15, 0.2) is 79.0 Å². The van der Waals surface area contributed by atoms with Gasteiger partial charge in [-0.1, -0.05) is 71.8 Å². The second-order valence-corrected chi connectivity index (χ2v) is 12.1. The van der Waals surface area contributed by atoms with Crippen molar-refractivity contribution in [2.45, 2.75) is 58.4 Å². The van der Waals surface area contributed by atoms with Crippen LogP contribution in [-0.4, -0.2) is 27.2 Å². The molecule has 1 aliphatic rings. The molecular weight excluding hydrogens is 528 g/mol. The van der Waals surface area contributed by atoms with E-state index in [0.29, 0.717) is 12.1 Å². The Morgan fingerprint density at radius 1 is 0.927 bits per heavy atom. The summed E-state index contributed by atoms with van der Waals surface area (Å²) in [7, 11) is 0. The van der Waals surface area contributed by atoms with Crippen LogP contribution in [0.4, 0.5) is 5.69 Å². The maximum absolute atomic E-state index is 13.4. The summed E-state index contributed by atoms with van der Waals surface area (Å²) in [5, 5.41) is 6.00. The lowest BCUT2D eigenvalue weighted by Gasteiger charge is -2.19. The minimum absolute atomic E-state index is 0.177. The van der Waals surface area contributed by atoms with E-state index in [1.54, 1.807) is 11.3 Å². The highest BCUT2D eigenvalue weighted by Gasteiger charge is 2.22. The molecule has 2 N–H and O–H groups in total. The number of aryl methyl sites for hydroxylation is 4. The van der Waals surface area contributed by atoms with Gasteiger partial charge in [-0.3, -0.25) is 14.0 Å². The fourth-order valence-electron chi connectivity index (χ4n) is 5.72. The van der Waals surface area contributed by atoms with Crippen LogP contribution in [0, 0.1) is 13.8 Å². The maximum atomic E-state index is 13.4. The summed E-state index contributed by atoms with van der Waals surface area (Å²) in [4.78, 5) is 33.9. The van der Waals surface area contributed by atoms with Crippen LogP contribution >= 0.6 is 11.3 Å². The van der Waals surface area contributed by atoms with E-state index in [4.69, 9.17) is 4.98 Å². The Labute approximate surface area is 244 Å². The van der Waals surface area contributed by atoms with Crippen molar-refractivity contribution >= 4 is 33.8 Å². The molecule has 7 heteroatoms. The number of thiazole rings is 1. The van der Waals surface area contributed by atoms with Crippen LogP contribution in [0.3, 0.4) is 0 Å². The Morgan fingerprint density at radius 3 is 2.41 bits per heavy atom. The molecule has 0 saturated heterocycles. The zero-order chi connectivity index (χ0) is 28.3. The molecule has 2 aromatic heterocycles. The van der Waals surface area contributed by atoms with Crippen LogP contribution in [0.25, 0.3) is 16.2 Å². The number of aromatic nitrogens is 2. The third-order valence-electron chi connectivity index (χ3n) is 7.60. The topological polar surface area (TPSA) is 75.5 Å². The van der Waals surface area contributed by atoms with E-state index in [-0.39, 0.29) is 18.2 Å². The van der Waals surface area contributed by atoms with Crippen molar-refractivity contribution in [2.24, 2.45) is 0 Å². The first kappa shape index (κ1) is 27.0. The molecule has 1 atom stereocenters. The summed E-state index contributed by atoms with van der Waals surface area (Å²) in [6.07, 6.45) is 7.52. The van der Waals surface area contributed by atoms with Crippen molar-refractivity contribution in [1.82, 2.24) is 14.7 Å². The van der Waals surface area contributed by atoms with Gasteiger partial charge >= 0.3 is 0 Å². The molecule has 2 heterocycles. The average Bonchev–Trinajstić information content (AvgIpc) is 3.51. The summed E-state index contributed by atoms with van der Waals surface area (Å²) in [5.41, 5.74) is 8.18. The Bertz CT molecular complexity index is 1680. The molecule has 3 aromatic carbocycles. The minimum Gasteiger partial charge on any atom is -0.344 e. The molecular formula is C34H34N4O2S. The molecule has 0 bridgehead atoms. The molecule has 1 aliphatic carbocycles. The van der Waals surface area contributed by atoms with Crippen molar-refractivity contribution in [3.63, 3.8) is 0 Å². The van der Waals surface area contributed by atoms with E-state index in [0.717, 1.165) is 51.3 Å². The number of amides is 2. The number of benzene rings is 3. The molecule has 0 aliphatic heterocycles. The summed E-state index contributed by atoms with van der Waals surface area (Å²) in [5.74, 6) is -0.423. The van der Waals surface area contributed by atoms with Gasteiger partial charge in [-0.2, -0.15) is 0 Å². The van der Waals surface area contributed by atoms with Gasteiger partial charge < -0.3 is 10.6 Å². The standard InChI is InChI=1S/C34H34N4O2S/c1-22-16-23(2)18-25(17-22)20-32(39)36-28(19-24-8-4-3-5-9-24)33(40)35-27-14-12-26(13-15-27)29-21-38-30-10-6-7-11-31(30)41-34(38)37-29/h3-5,8-9,12-18,21,28H,6-7,10-11,19-20H2,1-2H3,(H,35,40)(H,36,39)/t28-/m0/s1. The van der Waals surface area contributed by atoms with E-state index in [2.05, 4.69) is 27.3 Å². The monoisotopic (exact) mass is 562 g/mol. The summed E-state index contributed by atoms with van der Waals surface area (Å²) in [6, 6.07) is 22.9. The summed E-state index contributed by atoms with van der Waals surface area (Å²) >= 11 is 1.80. The van der Waals surface area contributed by atoms with Crippen molar-refractivity contribution in [1.29, 1.82) is 0 Å². The number of hydrogen-bond acceptors (Lipinski definition) is 4. The van der Waals surface area contributed by atoms with Crippen LogP contribution in [0.5, 0.6) is 0 Å². The van der Waals surface area contributed by atoms with Crippen molar-refractivity contribution in [3.05, 3.63) is 112 Å². The van der Waals surface area contributed by atoms with E-state index < -0.39 is 6.04 Å². The molecule has 6 nitrogen and oxygen atoms in total. The first-order valence-corrected chi connectivity index (χ1v) is 15.0. The first-order valence-electron chi connectivity index (χ1n) is 14.2. The zero-order valence-electron chi connectivity index (χ0n) is 23.4. The molecule has 208 valence electrons. The highest BCUT2D eigenvalue weighted by atomic mass is 32.1. The number of nitrogens with zero attached hydrogens (tertiary/aromatic N) is 2. The molecule has 0 spiro atoms. The van der Waals surface area contributed by atoms with Crippen LogP contribution in [-0.2, 0) is 35.3 Å². The van der Waals surface area contributed by atoms with Crippen molar-refractivity contribution in [2.75, 3.05) is 5.32 Å². The summed E-state index contributed by atoms with van der Waals surface area (Å²) < 4.78 is 2.25. The molecule has 0 unspecified atom stereocenters. The SMILES string of the molecule is Cc1cc(C)cc(CC(=O)N[C@@H](Cc2ccccc2)C(=O)Nc2ccc(-c3cn4c5c(sc4n3)CCCC5)cc2)c1. The fourth-order valence-corrected chi connectivity index (χ4v) is 6.91. The van der Waals surface area contributed by atoms with Gasteiger partial charge in [-0.05, 0) is 62.8 Å². The van der Waals surface area contributed by atoms with Gasteiger partial charge in [0, 0.05) is 34.4 Å². The van der Waals surface area contributed by atoms with Gasteiger partial charge in [-0.15, -0.1) is 11.3 Å². The Balaban J connectivity index is 1.16. The average molecular weight is 563 g/mol. The molecule has 2 amide bonds. The minimum atomic E-state index is -0.707. The second-order valence-electron chi connectivity index (χ2n) is 11.0. The van der Waals surface area contributed by atoms with E-state index in [1.807, 2.05) is 80.6 Å². The van der Waals surface area contributed by atoms with Crippen molar-refractivity contribution < 1.29 is 9.59 Å². The normalized spacial score (nSPS) is 13.5. The molecule has 5 aromatic rings. The fraction of sp³-hybridized carbons (Fsp3) is 0.265. The predicted octanol–water partition coefficient (Wildman–Crippen LogP) is 6.47. The number of fused-ring (bicyclic) bond motifs is 3. The van der Waals surface area contributed by atoms with Gasteiger partial charge in [-0.25, -0.2) is 4.98 Å². The highest BCUT2D eigenvalue weighted by Crippen LogP contribution is 2.32. The van der Waals surface area contributed by atoms with Crippen LogP contribution in [0.2, 0.25) is 0 Å². The smallest absolute Gasteiger partial charge is 0.247 e. The summed E-state index contributed by atoms with van der Waals surface area (Å²) in [6.45, 7) is 4.04. The van der Waals surface area contributed by atoms with Crippen LogP contribution < -0.4 is 10.6 Å². The third-order valence-corrected chi connectivity index (χ3v) is 8.75. The highest BCUT2D eigenvalue weighted by molar-refractivity contribution is 7.17. The number of carbonyl (C=O) groups excluding carboxylic acids is 2. The van der Waals surface area contributed by atoms with Gasteiger partial charge in [0.05, 0.1) is 12.1 Å². The second kappa shape index (κ2) is 11.7. The molecule has 0 saturated carbocycles. The largest absolute Gasteiger partial charge is 0.344 e. The number of rotatable bonds is 8. The van der Waals surface area contributed by atoms with E-state index in [1.165, 1.54) is 23.4 Å². The van der Waals surface area contributed by atoms with Gasteiger partial charge in [0.15, 0.2) is 4.96 Å². The number of hydrogen-bond donors (Lipinski definition) is 2. The molecule has 0 radical (unpaired) electrons. The number of nitrogens with one attached hydrogen (secondary N) is 2. The lowest BCUT2D eigenvalue weighted by molar-refractivity contribution is -0.126. The van der Waals surface area contributed by atoms with Crippen LogP contribution in [0.1, 0.15) is 45.7 Å². The Kier molecular flexibility index (Phi) is 7.70. The Morgan fingerprint density at radius 2 is 1.66 bits per heavy atom. The van der Waals surface area contributed by atoms with E-state index >= 15 is 0 Å². The quantitative estimate of drug-likeness (QED) is 0.228. The predicted molar refractivity (Wildman–Crippen MR) is 165 cm³/mol. The first-order chi connectivity index (χ1) is 19.9. The molecule has 6 rings (SSSR count).